The molecular formula is C28H26ClN3O. The first kappa shape index (κ1) is 21.5. The number of nitrogens with zero attached hydrogens (tertiary/aromatic N) is 3. The summed E-state index contributed by atoms with van der Waals surface area (Å²) in [6.45, 7) is 7.14. The molecule has 1 amide bonds. The molecule has 4 aromatic rings. The predicted octanol–water partition coefficient (Wildman–Crippen LogP) is 6.13. The number of halogens is 1. The number of hydrogen-bond acceptors (Lipinski definition) is 3. The van der Waals surface area contributed by atoms with Crippen LogP contribution >= 0.6 is 11.6 Å². The lowest BCUT2D eigenvalue weighted by Gasteiger charge is -2.36. The molecule has 5 heteroatoms. The summed E-state index contributed by atoms with van der Waals surface area (Å²) < 4.78 is 0. The van der Waals surface area contributed by atoms with Crippen molar-refractivity contribution in [2.75, 3.05) is 31.1 Å². The summed E-state index contributed by atoms with van der Waals surface area (Å²) in [5.74, 6) is 0.0309. The summed E-state index contributed by atoms with van der Waals surface area (Å²) in [6.07, 6.45) is 0. The Kier molecular flexibility index (Phi) is 5.77. The first-order valence-corrected chi connectivity index (χ1v) is 11.6. The molecule has 166 valence electrons. The second kappa shape index (κ2) is 8.87. The third kappa shape index (κ3) is 4.31. The van der Waals surface area contributed by atoms with Crippen LogP contribution in [0.5, 0.6) is 0 Å². The van der Waals surface area contributed by atoms with Gasteiger partial charge in [0.1, 0.15) is 0 Å². The van der Waals surface area contributed by atoms with Gasteiger partial charge in [-0.15, -0.1) is 0 Å². The van der Waals surface area contributed by atoms with E-state index >= 15 is 0 Å². The van der Waals surface area contributed by atoms with Crippen LogP contribution in [0.1, 0.15) is 21.5 Å². The topological polar surface area (TPSA) is 36.4 Å². The zero-order valence-electron chi connectivity index (χ0n) is 18.9. The summed E-state index contributed by atoms with van der Waals surface area (Å²) in [7, 11) is 0. The van der Waals surface area contributed by atoms with E-state index in [1.54, 1.807) is 0 Å². The van der Waals surface area contributed by atoms with Crippen LogP contribution in [0.4, 0.5) is 5.69 Å². The second-order valence-electron chi connectivity index (χ2n) is 8.65. The van der Waals surface area contributed by atoms with E-state index in [1.165, 1.54) is 11.3 Å². The van der Waals surface area contributed by atoms with Crippen LogP contribution in [0.15, 0.2) is 72.8 Å². The average Bonchev–Trinajstić information content (AvgIpc) is 2.84. The van der Waals surface area contributed by atoms with E-state index in [9.17, 15) is 4.79 Å². The van der Waals surface area contributed by atoms with E-state index in [-0.39, 0.29) is 5.91 Å². The standard InChI is InChI=1S/C28H26ClN3O/c1-19-8-10-23(20(2)16-19)27-18-25(24-17-21(29)9-11-26(24)30-27)28(33)32-14-12-31(13-15-32)22-6-4-3-5-7-22/h3-11,16-18H,12-15H2,1-2H3. The fraction of sp³-hybridized carbons (Fsp3) is 0.214. The van der Waals surface area contributed by atoms with Gasteiger partial charge in [-0.2, -0.15) is 0 Å². The lowest BCUT2D eigenvalue weighted by molar-refractivity contribution is 0.0748. The zero-order valence-corrected chi connectivity index (χ0v) is 19.6. The van der Waals surface area contributed by atoms with Gasteiger partial charge in [-0.1, -0.05) is 53.6 Å². The maximum atomic E-state index is 13.7. The molecule has 1 aliphatic heterocycles. The second-order valence-corrected chi connectivity index (χ2v) is 9.09. The molecular weight excluding hydrogens is 430 g/mol. The molecule has 2 heterocycles. The average molecular weight is 456 g/mol. The Labute approximate surface area is 199 Å². The molecule has 1 saturated heterocycles. The number of aromatic nitrogens is 1. The number of pyridine rings is 1. The van der Waals surface area contributed by atoms with E-state index in [2.05, 4.69) is 49.1 Å². The van der Waals surface area contributed by atoms with Crippen molar-refractivity contribution in [3.63, 3.8) is 0 Å². The van der Waals surface area contributed by atoms with Crippen molar-refractivity contribution in [2.45, 2.75) is 13.8 Å². The molecule has 0 N–H and O–H groups in total. The smallest absolute Gasteiger partial charge is 0.254 e. The van der Waals surface area contributed by atoms with Gasteiger partial charge in [0.25, 0.3) is 5.91 Å². The molecule has 5 rings (SSSR count). The minimum absolute atomic E-state index is 0.0309. The number of aryl methyl sites for hydroxylation is 2. The van der Waals surface area contributed by atoms with Crippen LogP contribution in [-0.4, -0.2) is 42.0 Å². The largest absolute Gasteiger partial charge is 0.368 e. The van der Waals surface area contributed by atoms with Crippen molar-refractivity contribution in [1.82, 2.24) is 9.88 Å². The van der Waals surface area contributed by atoms with E-state index in [1.807, 2.05) is 47.4 Å². The Balaban J connectivity index is 1.50. The van der Waals surface area contributed by atoms with Crippen molar-refractivity contribution in [1.29, 1.82) is 0 Å². The summed E-state index contributed by atoms with van der Waals surface area (Å²) in [6, 6.07) is 24.2. The van der Waals surface area contributed by atoms with Gasteiger partial charge in [0, 0.05) is 47.8 Å². The molecule has 1 fully saturated rings. The highest BCUT2D eigenvalue weighted by molar-refractivity contribution is 6.31. The molecule has 0 saturated carbocycles. The maximum Gasteiger partial charge on any atom is 0.254 e. The molecule has 4 nitrogen and oxygen atoms in total. The summed E-state index contributed by atoms with van der Waals surface area (Å²) in [4.78, 5) is 22.9. The van der Waals surface area contributed by atoms with Crippen LogP contribution in [0.25, 0.3) is 22.2 Å². The fourth-order valence-corrected chi connectivity index (χ4v) is 4.76. The molecule has 0 aliphatic carbocycles. The molecule has 1 aliphatic rings. The molecule has 33 heavy (non-hydrogen) atoms. The number of amides is 1. The number of fused-ring (bicyclic) bond motifs is 1. The maximum absolute atomic E-state index is 13.7. The number of carbonyl (C=O) groups excluding carboxylic acids is 1. The Morgan fingerprint density at radius 2 is 1.64 bits per heavy atom. The molecule has 0 radical (unpaired) electrons. The van der Waals surface area contributed by atoms with E-state index in [4.69, 9.17) is 16.6 Å². The first-order chi connectivity index (χ1) is 16.0. The Morgan fingerprint density at radius 3 is 2.36 bits per heavy atom. The van der Waals surface area contributed by atoms with Crippen molar-refractivity contribution < 1.29 is 4.79 Å². The van der Waals surface area contributed by atoms with Crippen molar-refractivity contribution >= 4 is 34.1 Å². The Hall–Kier alpha value is -3.37. The van der Waals surface area contributed by atoms with Crippen molar-refractivity contribution in [3.05, 3.63) is 94.5 Å². The van der Waals surface area contributed by atoms with Gasteiger partial charge in [0.05, 0.1) is 16.8 Å². The molecule has 0 spiro atoms. The number of benzene rings is 3. The SMILES string of the molecule is Cc1ccc(-c2cc(C(=O)N3CCN(c4ccccc4)CC3)c3cc(Cl)ccc3n2)c(C)c1. The Morgan fingerprint density at radius 1 is 0.879 bits per heavy atom. The van der Waals surface area contributed by atoms with Gasteiger partial charge in [0.15, 0.2) is 0 Å². The van der Waals surface area contributed by atoms with Crippen LogP contribution in [-0.2, 0) is 0 Å². The van der Waals surface area contributed by atoms with Gasteiger partial charge >= 0.3 is 0 Å². The number of para-hydroxylation sites is 1. The normalized spacial score (nSPS) is 14.0. The van der Waals surface area contributed by atoms with Crippen LogP contribution in [0.3, 0.4) is 0 Å². The first-order valence-electron chi connectivity index (χ1n) is 11.3. The van der Waals surface area contributed by atoms with Crippen molar-refractivity contribution in [3.8, 4) is 11.3 Å². The van der Waals surface area contributed by atoms with Gasteiger partial charge in [0.2, 0.25) is 0 Å². The van der Waals surface area contributed by atoms with E-state index in [0.717, 1.165) is 40.8 Å². The van der Waals surface area contributed by atoms with Crippen LogP contribution in [0, 0.1) is 13.8 Å². The minimum atomic E-state index is 0.0309. The Bertz CT molecular complexity index is 1330. The lowest BCUT2D eigenvalue weighted by atomic mass is 9.99. The highest BCUT2D eigenvalue weighted by atomic mass is 35.5. The van der Waals surface area contributed by atoms with Gasteiger partial charge in [-0.3, -0.25) is 4.79 Å². The number of piperazine rings is 1. The van der Waals surface area contributed by atoms with Crippen molar-refractivity contribution in [2.24, 2.45) is 0 Å². The monoisotopic (exact) mass is 455 g/mol. The zero-order chi connectivity index (χ0) is 22.9. The summed E-state index contributed by atoms with van der Waals surface area (Å²) >= 11 is 6.31. The molecule has 0 bridgehead atoms. The van der Waals surface area contributed by atoms with Crippen LogP contribution in [0.2, 0.25) is 5.02 Å². The quantitative estimate of drug-likeness (QED) is 0.372. The number of hydrogen-bond donors (Lipinski definition) is 0. The predicted molar refractivity (Wildman–Crippen MR) is 136 cm³/mol. The molecule has 0 unspecified atom stereocenters. The highest BCUT2D eigenvalue weighted by Crippen LogP contribution is 2.30. The minimum Gasteiger partial charge on any atom is -0.368 e. The number of rotatable bonds is 3. The third-order valence-corrected chi connectivity index (χ3v) is 6.58. The highest BCUT2D eigenvalue weighted by Gasteiger charge is 2.25. The molecule has 0 atom stereocenters. The molecule has 3 aromatic carbocycles. The molecule has 1 aromatic heterocycles. The van der Waals surface area contributed by atoms with E-state index < -0.39 is 0 Å². The number of anilines is 1. The van der Waals surface area contributed by atoms with Crippen LogP contribution < -0.4 is 4.90 Å². The number of carbonyl (C=O) groups is 1. The van der Waals surface area contributed by atoms with Gasteiger partial charge < -0.3 is 9.80 Å². The third-order valence-electron chi connectivity index (χ3n) is 6.35. The van der Waals surface area contributed by atoms with E-state index in [0.29, 0.717) is 23.7 Å². The fourth-order valence-electron chi connectivity index (χ4n) is 4.59. The van der Waals surface area contributed by atoms with Gasteiger partial charge in [-0.05, 0) is 55.8 Å². The summed E-state index contributed by atoms with van der Waals surface area (Å²) in [5, 5.41) is 1.40. The van der Waals surface area contributed by atoms with Gasteiger partial charge in [-0.25, -0.2) is 4.98 Å². The summed E-state index contributed by atoms with van der Waals surface area (Å²) in [5.41, 5.74) is 6.84. The lowest BCUT2D eigenvalue weighted by Crippen LogP contribution is -2.48.